The molecule has 1 saturated carbocycles. The third kappa shape index (κ3) is 1.43. The second kappa shape index (κ2) is 2.36. The average molecular weight is 124 g/mol. The van der Waals surface area contributed by atoms with Crippen LogP contribution in [0.25, 0.3) is 0 Å². The molecule has 0 bridgehead atoms. The van der Waals surface area contributed by atoms with Crippen molar-refractivity contribution in [2.45, 2.75) is 26.3 Å². The quantitative estimate of drug-likeness (QED) is 0.366. The number of hydrogen-bond acceptors (Lipinski definition) is 0. The maximum absolute atomic E-state index is 3.15. The molecule has 0 aliphatic heterocycles. The molecule has 2 atom stereocenters. The molecule has 0 aromatic carbocycles. The molecule has 1 aliphatic rings. The van der Waals surface area contributed by atoms with E-state index in [1.807, 2.05) is 13.0 Å². The van der Waals surface area contributed by atoms with Gasteiger partial charge in [0.05, 0.1) is 0 Å². The first-order valence-electron chi connectivity index (χ1n) is 3.52. The van der Waals surface area contributed by atoms with E-state index in [1.54, 1.807) is 0 Å². The van der Waals surface area contributed by atoms with Crippen LogP contribution < -0.4 is 0 Å². The molecule has 0 heterocycles. The van der Waals surface area contributed by atoms with Crippen molar-refractivity contribution in [2.24, 2.45) is 5.92 Å². The van der Waals surface area contributed by atoms with E-state index in [2.05, 4.69) is 24.4 Å². The highest BCUT2D eigenvalue weighted by Crippen LogP contribution is 2.31. The minimum absolute atomic E-state index is 0.779. The first-order valence-corrected chi connectivity index (χ1v) is 3.52. The summed E-state index contributed by atoms with van der Waals surface area (Å²) in [6, 6.07) is 0.779. The lowest BCUT2D eigenvalue weighted by Gasteiger charge is -1.84. The van der Waals surface area contributed by atoms with Crippen LogP contribution in [-0.2, 0) is 0 Å². The monoisotopic (exact) mass is 124 g/mol. The van der Waals surface area contributed by atoms with E-state index in [4.69, 9.17) is 0 Å². The van der Waals surface area contributed by atoms with Crippen LogP contribution in [-0.4, -0.2) is 23.5 Å². The zero-order valence-electron chi connectivity index (χ0n) is 6.39. The molecule has 1 fully saturated rings. The standard InChI is InChI=1S/C8H14N/c1-4-5-9(3)8-6-7(8)2/h4,7-8H,6H2,1-3H3/q+1. The Kier molecular flexibility index (Phi) is 1.73. The van der Waals surface area contributed by atoms with Gasteiger partial charge in [0, 0.05) is 18.4 Å². The Balaban J connectivity index is 2.54. The molecule has 50 valence electrons. The lowest BCUT2D eigenvalue weighted by molar-refractivity contribution is -0.508. The second-order valence-electron chi connectivity index (χ2n) is 2.81. The van der Waals surface area contributed by atoms with Crippen molar-refractivity contribution in [1.29, 1.82) is 0 Å². The predicted molar refractivity (Wildman–Crippen MR) is 39.0 cm³/mol. The molecule has 0 amide bonds. The summed E-state index contributed by atoms with van der Waals surface area (Å²) in [5, 5.41) is 0. The molecule has 1 rings (SSSR count). The second-order valence-corrected chi connectivity index (χ2v) is 2.81. The summed E-state index contributed by atoms with van der Waals surface area (Å²) in [7, 11) is 2.09. The van der Waals surface area contributed by atoms with Crippen LogP contribution in [0.15, 0.2) is 6.08 Å². The largest absolute Gasteiger partial charge is 0.188 e. The molecule has 1 heteroatoms. The summed E-state index contributed by atoms with van der Waals surface area (Å²) >= 11 is 0. The molecule has 1 aliphatic carbocycles. The molecule has 0 aromatic rings. The first kappa shape index (κ1) is 6.57. The summed E-state index contributed by atoms with van der Waals surface area (Å²) in [5.74, 6) is 4.04. The average Bonchev–Trinajstić information content (AvgIpc) is 2.47. The van der Waals surface area contributed by atoms with Crippen molar-refractivity contribution >= 4 is 5.87 Å². The zero-order chi connectivity index (χ0) is 6.85. The van der Waals surface area contributed by atoms with Gasteiger partial charge in [-0.15, -0.1) is 0 Å². The SMILES string of the molecule is CC=C=[N+](C)C1CC1C. The van der Waals surface area contributed by atoms with Gasteiger partial charge < -0.3 is 0 Å². The van der Waals surface area contributed by atoms with Gasteiger partial charge in [-0.1, -0.05) is 6.92 Å². The lowest BCUT2D eigenvalue weighted by Crippen LogP contribution is -2.07. The van der Waals surface area contributed by atoms with Crippen molar-refractivity contribution in [3.8, 4) is 0 Å². The number of nitrogens with zero attached hydrogens (tertiary/aromatic N) is 1. The first-order chi connectivity index (χ1) is 4.25. The smallest absolute Gasteiger partial charge is 0.165 e. The minimum Gasteiger partial charge on any atom is -0.188 e. The van der Waals surface area contributed by atoms with E-state index in [1.165, 1.54) is 6.42 Å². The Bertz CT molecular complexity index is 163. The van der Waals surface area contributed by atoms with Crippen LogP contribution in [0.3, 0.4) is 0 Å². The summed E-state index contributed by atoms with van der Waals surface area (Å²) in [4.78, 5) is 0. The summed E-state index contributed by atoms with van der Waals surface area (Å²) in [5.41, 5.74) is 0. The fourth-order valence-electron chi connectivity index (χ4n) is 1.14. The maximum atomic E-state index is 3.15. The van der Waals surface area contributed by atoms with Crippen molar-refractivity contribution in [3.05, 3.63) is 6.08 Å². The van der Waals surface area contributed by atoms with Gasteiger partial charge in [0.1, 0.15) is 7.05 Å². The number of hydrogen-bond donors (Lipinski definition) is 0. The molecule has 0 saturated heterocycles. The van der Waals surface area contributed by atoms with Gasteiger partial charge in [0.2, 0.25) is 0 Å². The summed E-state index contributed by atoms with van der Waals surface area (Å²) in [6.45, 7) is 4.28. The van der Waals surface area contributed by atoms with Crippen LogP contribution in [0.2, 0.25) is 0 Å². The number of allylic oxidation sites excluding steroid dienone is 1. The van der Waals surface area contributed by atoms with Crippen LogP contribution in [0.5, 0.6) is 0 Å². The highest BCUT2D eigenvalue weighted by atomic mass is 15.0. The Morgan fingerprint density at radius 1 is 1.67 bits per heavy atom. The topological polar surface area (TPSA) is 3.01 Å². The van der Waals surface area contributed by atoms with Crippen molar-refractivity contribution in [1.82, 2.24) is 0 Å². The van der Waals surface area contributed by atoms with Gasteiger partial charge in [-0.25, -0.2) is 0 Å². The predicted octanol–water partition coefficient (Wildman–Crippen LogP) is 1.28. The van der Waals surface area contributed by atoms with Gasteiger partial charge in [0.15, 0.2) is 11.9 Å². The molecular weight excluding hydrogens is 110 g/mol. The zero-order valence-corrected chi connectivity index (χ0v) is 6.39. The van der Waals surface area contributed by atoms with Crippen molar-refractivity contribution in [3.63, 3.8) is 0 Å². The maximum Gasteiger partial charge on any atom is 0.165 e. The normalized spacial score (nSPS) is 31.0. The Labute approximate surface area is 56.7 Å². The molecule has 1 nitrogen and oxygen atoms in total. The van der Waals surface area contributed by atoms with E-state index in [9.17, 15) is 0 Å². The van der Waals surface area contributed by atoms with E-state index in [0.29, 0.717) is 0 Å². The van der Waals surface area contributed by atoms with Crippen LogP contribution >= 0.6 is 0 Å². The molecule has 0 radical (unpaired) electrons. The fraction of sp³-hybridized carbons (Fsp3) is 0.750. The van der Waals surface area contributed by atoms with Gasteiger partial charge in [-0.2, -0.15) is 4.58 Å². The molecule has 2 unspecified atom stereocenters. The molecule has 0 spiro atoms. The summed E-state index contributed by atoms with van der Waals surface area (Å²) in [6.07, 6.45) is 3.31. The molecule has 0 aromatic heterocycles. The summed E-state index contributed by atoms with van der Waals surface area (Å²) < 4.78 is 2.17. The van der Waals surface area contributed by atoms with Gasteiger partial charge >= 0.3 is 0 Å². The van der Waals surface area contributed by atoms with Gasteiger partial charge in [-0.05, 0) is 6.92 Å². The Morgan fingerprint density at radius 3 is 2.56 bits per heavy atom. The van der Waals surface area contributed by atoms with E-state index < -0.39 is 0 Å². The van der Waals surface area contributed by atoms with Crippen LogP contribution in [0.1, 0.15) is 20.3 Å². The van der Waals surface area contributed by atoms with Gasteiger partial charge in [0.25, 0.3) is 0 Å². The number of rotatable bonds is 1. The highest BCUT2D eigenvalue weighted by Gasteiger charge is 2.41. The fourth-order valence-corrected chi connectivity index (χ4v) is 1.14. The molecule has 0 N–H and O–H groups in total. The Morgan fingerprint density at radius 2 is 2.22 bits per heavy atom. The van der Waals surface area contributed by atoms with Crippen LogP contribution in [0.4, 0.5) is 0 Å². The van der Waals surface area contributed by atoms with E-state index in [0.717, 1.165) is 12.0 Å². The Hall–Kier alpha value is -0.550. The van der Waals surface area contributed by atoms with Crippen molar-refractivity contribution < 1.29 is 4.58 Å². The van der Waals surface area contributed by atoms with Gasteiger partial charge in [-0.3, -0.25) is 0 Å². The minimum atomic E-state index is 0.779. The third-order valence-electron chi connectivity index (χ3n) is 1.90. The lowest BCUT2D eigenvalue weighted by atomic mass is 10.5. The van der Waals surface area contributed by atoms with E-state index in [-0.39, 0.29) is 0 Å². The van der Waals surface area contributed by atoms with E-state index >= 15 is 0 Å². The molecular formula is C8H14N+. The van der Waals surface area contributed by atoms with Crippen molar-refractivity contribution in [2.75, 3.05) is 7.05 Å². The highest BCUT2D eigenvalue weighted by molar-refractivity contribution is 5.44. The molecule has 9 heavy (non-hydrogen) atoms. The van der Waals surface area contributed by atoms with Crippen LogP contribution in [0, 0.1) is 5.92 Å². The third-order valence-corrected chi connectivity index (χ3v) is 1.90.